The molecule has 0 radical (unpaired) electrons. The van der Waals surface area contributed by atoms with E-state index in [0.717, 1.165) is 0 Å². The molecular weight excluding hydrogens is 376 g/mol. The van der Waals surface area contributed by atoms with E-state index in [0.29, 0.717) is 22.8 Å². The summed E-state index contributed by atoms with van der Waals surface area (Å²) in [5.41, 5.74) is 7.34. The Morgan fingerprint density at radius 2 is 1.90 bits per heavy atom. The lowest BCUT2D eigenvalue weighted by atomic mass is 9.96. The first-order valence-corrected chi connectivity index (χ1v) is 8.46. The highest BCUT2D eigenvalue weighted by Gasteiger charge is 2.27. The summed E-state index contributed by atoms with van der Waals surface area (Å²) in [6.45, 7) is -0.0357. The normalized spacial score (nSPS) is 11.7. The average Bonchev–Trinajstić information content (AvgIpc) is 3.19. The van der Waals surface area contributed by atoms with E-state index >= 15 is 0 Å². The fourth-order valence-corrected chi connectivity index (χ4v) is 3.19. The van der Waals surface area contributed by atoms with Crippen molar-refractivity contribution in [3.63, 3.8) is 0 Å². The number of anilines is 1. The van der Waals surface area contributed by atoms with Crippen LogP contribution in [0.4, 0.5) is 11.5 Å². The predicted molar refractivity (Wildman–Crippen MR) is 104 cm³/mol. The van der Waals surface area contributed by atoms with Gasteiger partial charge in [-0.2, -0.15) is 5.26 Å². The van der Waals surface area contributed by atoms with E-state index in [2.05, 4.69) is 4.98 Å². The summed E-state index contributed by atoms with van der Waals surface area (Å²) in [6.07, 6.45) is 0. The quantitative estimate of drug-likeness (QED) is 0.528. The zero-order chi connectivity index (χ0) is 20.5. The second-order valence-electron chi connectivity index (χ2n) is 6.11. The van der Waals surface area contributed by atoms with Crippen molar-refractivity contribution in [2.24, 2.45) is 0 Å². The van der Waals surface area contributed by atoms with Crippen molar-refractivity contribution in [3.8, 4) is 45.7 Å². The number of pyridine rings is 1. The van der Waals surface area contributed by atoms with Crippen LogP contribution in [0.2, 0.25) is 0 Å². The lowest BCUT2D eigenvalue weighted by molar-refractivity contribution is -0.384. The van der Waals surface area contributed by atoms with Gasteiger partial charge in [0.05, 0.1) is 29.4 Å². The predicted octanol–water partition coefficient (Wildman–Crippen LogP) is 3.51. The topological polar surface area (TPSA) is 134 Å². The van der Waals surface area contributed by atoms with Gasteiger partial charge in [-0.15, -0.1) is 0 Å². The van der Waals surface area contributed by atoms with Crippen molar-refractivity contribution in [2.45, 2.75) is 0 Å². The molecule has 0 spiro atoms. The third-order valence-corrected chi connectivity index (χ3v) is 4.52. The Kier molecular flexibility index (Phi) is 4.37. The maximum atomic E-state index is 11.7. The second kappa shape index (κ2) is 7.01. The largest absolute Gasteiger partial charge is 0.496 e. The van der Waals surface area contributed by atoms with Gasteiger partial charge < -0.3 is 19.9 Å². The van der Waals surface area contributed by atoms with Gasteiger partial charge in [0.2, 0.25) is 6.79 Å². The minimum Gasteiger partial charge on any atom is -0.496 e. The first-order chi connectivity index (χ1) is 14.0. The van der Waals surface area contributed by atoms with Crippen LogP contribution in [-0.2, 0) is 0 Å². The summed E-state index contributed by atoms with van der Waals surface area (Å²) in [7, 11) is 1.52. The fourth-order valence-electron chi connectivity index (χ4n) is 3.19. The van der Waals surface area contributed by atoms with Crippen LogP contribution in [0.3, 0.4) is 0 Å². The fraction of sp³-hybridized carbons (Fsp3) is 0.100. The maximum Gasteiger partial charge on any atom is 0.281 e. The van der Waals surface area contributed by atoms with Crippen LogP contribution >= 0.6 is 0 Å². The Morgan fingerprint density at radius 1 is 1.17 bits per heavy atom. The number of nitrogen functional groups attached to an aromatic ring is 1. The van der Waals surface area contributed by atoms with Crippen molar-refractivity contribution in [1.29, 1.82) is 5.26 Å². The molecule has 0 saturated heterocycles. The molecule has 29 heavy (non-hydrogen) atoms. The van der Waals surface area contributed by atoms with Gasteiger partial charge in [-0.3, -0.25) is 10.1 Å². The third-order valence-electron chi connectivity index (χ3n) is 4.52. The number of nitriles is 1. The third kappa shape index (κ3) is 3.02. The number of nitro benzene ring substituents is 1. The van der Waals surface area contributed by atoms with Crippen LogP contribution in [0.1, 0.15) is 5.56 Å². The standard InChI is InChI=1S/C20H14N4O5/c1-27-17-5-3-2-4-11(17)15-6-12(14(9-21)20(22)23-15)13-7-18-19(29-10-28-18)8-16(13)24(25)26/h2-8H,10H2,1H3,(H2,22,23). The van der Waals surface area contributed by atoms with E-state index in [1.807, 2.05) is 6.07 Å². The molecule has 144 valence electrons. The summed E-state index contributed by atoms with van der Waals surface area (Å²) in [4.78, 5) is 15.5. The molecule has 4 rings (SSSR count). The highest BCUT2D eigenvalue weighted by atomic mass is 16.7. The minimum atomic E-state index is -0.544. The molecule has 2 N–H and O–H groups in total. The number of nitro groups is 1. The Bertz CT molecular complexity index is 1190. The van der Waals surface area contributed by atoms with Gasteiger partial charge in [-0.25, -0.2) is 4.98 Å². The summed E-state index contributed by atoms with van der Waals surface area (Å²) in [5.74, 6) is 1.13. The molecular formula is C20H14N4O5. The minimum absolute atomic E-state index is 0.0330. The van der Waals surface area contributed by atoms with Gasteiger partial charge in [-0.1, -0.05) is 12.1 Å². The highest BCUT2D eigenvalue weighted by molar-refractivity contribution is 5.86. The monoisotopic (exact) mass is 390 g/mol. The Morgan fingerprint density at radius 3 is 2.59 bits per heavy atom. The molecule has 1 aromatic heterocycles. The van der Waals surface area contributed by atoms with Crippen molar-refractivity contribution in [2.75, 3.05) is 19.6 Å². The average molecular weight is 390 g/mol. The lowest BCUT2D eigenvalue weighted by Crippen LogP contribution is -2.02. The molecule has 0 atom stereocenters. The summed E-state index contributed by atoms with van der Waals surface area (Å²) >= 11 is 0. The number of hydrogen-bond acceptors (Lipinski definition) is 8. The lowest BCUT2D eigenvalue weighted by Gasteiger charge is -2.13. The van der Waals surface area contributed by atoms with Gasteiger partial charge >= 0.3 is 0 Å². The summed E-state index contributed by atoms with van der Waals surface area (Å²) in [5, 5.41) is 21.3. The molecule has 9 nitrogen and oxygen atoms in total. The highest BCUT2D eigenvalue weighted by Crippen LogP contribution is 2.44. The number of aromatic nitrogens is 1. The van der Waals surface area contributed by atoms with Crippen LogP contribution in [0.15, 0.2) is 42.5 Å². The number of nitrogens with two attached hydrogens (primary N) is 1. The number of hydrogen-bond donors (Lipinski definition) is 1. The first-order valence-electron chi connectivity index (χ1n) is 8.46. The van der Waals surface area contributed by atoms with Crippen LogP contribution < -0.4 is 19.9 Å². The molecule has 0 aliphatic carbocycles. The molecule has 0 unspecified atom stereocenters. The number of nitrogens with zero attached hydrogens (tertiary/aromatic N) is 3. The van der Waals surface area contributed by atoms with Gasteiger partial charge in [0, 0.05) is 11.1 Å². The number of rotatable bonds is 4. The van der Waals surface area contributed by atoms with Crippen LogP contribution in [-0.4, -0.2) is 23.8 Å². The molecule has 0 fully saturated rings. The van der Waals surface area contributed by atoms with Gasteiger partial charge in [0.1, 0.15) is 23.2 Å². The first kappa shape index (κ1) is 18.1. The van der Waals surface area contributed by atoms with E-state index in [4.69, 9.17) is 19.9 Å². The summed E-state index contributed by atoms with van der Waals surface area (Å²) < 4.78 is 16.0. The Labute approximate surface area is 165 Å². The Balaban J connectivity index is 2.01. The van der Waals surface area contributed by atoms with E-state index < -0.39 is 4.92 Å². The maximum absolute atomic E-state index is 11.7. The molecule has 9 heteroatoms. The SMILES string of the molecule is COc1ccccc1-c1cc(-c2cc3c(cc2[N+](=O)[O-])OCO3)c(C#N)c(N)n1. The van der Waals surface area contributed by atoms with E-state index in [-0.39, 0.29) is 40.7 Å². The molecule has 1 aliphatic heterocycles. The number of para-hydroxylation sites is 1. The van der Waals surface area contributed by atoms with E-state index in [1.165, 1.54) is 19.2 Å². The van der Waals surface area contributed by atoms with E-state index in [9.17, 15) is 15.4 Å². The van der Waals surface area contributed by atoms with Crippen molar-refractivity contribution in [3.05, 3.63) is 58.1 Å². The number of fused-ring (bicyclic) bond motifs is 1. The molecule has 1 aliphatic rings. The van der Waals surface area contributed by atoms with Crippen molar-refractivity contribution < 1.29 is 19.1 Å². The molecule has 2 heterocycles. The molecule has 0 saturated carbocycles. The van der Waals surface area contributed by atoms with Gasteiger partial charge in [0.25, 0.3) is 5.69 Å². The van der Waals surface area contributed by atoms with Crippen molar-refractivity contribution >= 4 is 11.5 Å². The zero-order valence-corrected chi connectivity index (χ0v) is 15.2. The van der Waals surface area contributed by atoms with Crippen molar-refractivity contribution in [1.82, 2.24) is 4.98 Å². The van der Waals surface area contributed by atoms with Gasteiger partial charge in [0.15, 0.2) is 11.5 Å². The smallest absolute Gasteiger partial charge is 0.281 e. The van der Waals surface area contributed by atoms with E-state index in [1.54, 1.807) is 30.3 Å². The molecule has 0 bridgehead atoms. The number of benzene rings is 2. The molecule has 0 amide bonds. The Hall–Kier alpha value is -4.32. The second-order valence-corrected chi connectivity index (χ2v) is 6.11. The van der Waals surface area contributed by atoms with Gasteiger partial charge in [-0.05, 0) is 24.3 Å². The zero-order valence-electron chi connectivity index (χ0n) is 15.2. The van der Waals surface area contributed by atoms with Crippen LogP contribution in [0, 0.1) is 21.4 Å². The number of ether oxygens (including phenoxy) is 3. The number of methoxy groups -OCH3 is 1. The van der Waals surface area contributed by atoms with Crippen LogP contribution in [0.5, 0.6) is 17.2 Å². The molecule has 2 aromatic carbocycles. The molecule has 3 aromatic rings. The summed E-state index contributed by atoms with van der Waals surface area (Å²) in [6, 6.07) is 13.5. The van der Waals surface area contributed by atoms with Crippen LogP contribution in [0.25, 0.3) is 22.4 Å².